The molecule has 3 rings (SSSR count). The highest BCUT2D eigenvalue weighted by molar-refractivity contribution is 7.88. The largest absolute Gasteiger partial charge is 0.315 e. The molecular weight excluding hydrogens is 346 g/mol. The zero-order valence-electron chi connectivity index (χ0n) is 12.9. The average molecular weight is 361 g/mol. The fraction of sp³-hybridized carbons (Fsp3) is 0.250. The average Bonchev–Trinajstić information content (AvgIpc) is 2.99. The van der Waals surface area contributed by atoms with E-state index >= 15 is 0 Å². The van der Waals surface area contributed by atoms with E-state index in [0.717, 1.165) is 17.4 Å². The maximum Gasteiger partial charge on any atom is 0.243 e. The lowest BCUT2D eigenvalue weighted by atomic mass is 9.95. The molecule has 1 aromatic heterocycles. The van der Waals surface area contributed by atoms with Crippen molar-refractivity contribution in [3.8, 4) is 6.07 Å². The standard InChI is InChI=1S/C16H15N3O3S2/c1-24(21,22)19-10-13-5-3-2-4-11(13)8-14(19)15(20)18-16-12(9-17)6-7-23-16/h2-7,14H,8,10H2,1H3,(H,18,20). The van der Waals surface area contributed by atoms with Gasteiger partial charge in [-0.05, 0) is 29.0 Å². The molecule has 1 aromatic carbocycles. The van der Waals surface area contributed by atoms with Gasteiger partial charge in [0.2, 0.25) is 15.9 Å². The molecule has 1 aliphatic heterocycles. The van der Waals surface area contributed by atoms with E-state index < -0.39 is 22.0 Å². The molecule has 0 fully saturated rings. The maximum atomic E-state index is 12.7. The molecule has 1 atom stereocenters. The van der Waals surface area contributed by atoms with E-state index in [-0.39, 0.29) is 6.54 Å². The highest BCUT2D eigenvalue weighted by Crippen LogP contribution is 2.28. The second-order valence-electron chi connectivity index (χ2n) is 5.56. The Kier molecular flexibility index (Phi) is 4.41. The molecule has 1 N–H and O–H groups in total. The predicted octanol–water partition coefficient (Wildman–Crippen LogP) is 1.94. The van der Waals surface area contributed by atoms with Crippen LogP contribution in [0, 0.1) is 11.3 Å². The van der Waals surface area contributed by atoms with Crippen LogP contribution in [-0.4, -0.2) is 30.9 Å². The van der Waals surface area contributed by atoms with Crippen molar-refractivity contribution < 1.29 is 13.2 Å². The van der Waals surface area contributed by atoms with Gasteiger partial charge in [0.25, 0.3) is 0 Å². The Bertz CT molecular complexity index is 928. The Labute approximate surface area is 144 Å². The van der Waals surface area contributed by atoms with Crippen LogP contribution in [-0.2, 0) is 27.8 Å². The summed E-state index contributed by atoms with van der Waals surface area (Å²) in [5.41, 5.74) is 2.24. The number of rotatable bonds is 3. The summed E-state index contributed by atoms with van der Waals surface area (Å²) in [6.45, 7) is 0.169. The Morgan fingerprint density at radius 2 is 2.04 bits per heavy atom. The topological polar surface area (TPSA) is 90.3 Å². The molecule has 1 aliphatic rings. The molecule has 6 nitrogen and oxygen atoms in total. The number of anilines is 1. The molecule has 24 heavy (non-hydrogen) atoms. The third-order valence-electron chi connectivity index (χ3n) is 3.96. The first-order valence-corrected chi connectivity index (χ1v) is 9.95. The number of hydrogen-bond acceptors (Lipinski definition) is 5. The number of carbonyl (C=O) groups is 1. The summed E-state index contributed by atoms with van der Waals surface area (Å²) in [5.74, 6) is -0.422. The van der Waals surface area contributed by atoms with Gasteiger partial charge in [-0.25, -0.2) is 8.42 Å². The maximum absolute atomic E-state index is 12.7. The molecule has 2 aromatic rings. The smallest absolute Gasteiger partial charge is 0.243 e. The lowest BCUT2D eigenvalue weighted by Gasteiger charge is -2.33. The van der Waals surface area contributed by atoms with E-state index in [1.54, 1.807) is 11.4 Å². The van der Waals surface area contributed by atoms with Crippen molar-refractivity contribution >= 4 is 32.3 Å². The molecule has 124 valence electrons. The molecule has 0 saturated heterocycles. The summed E-state index contributed by atoms with van der Waals surface area (Å²) in [6, 6.07) is 10.3. The Hall–Kier alpha value is -2.21. The van der Waals surface area contributed by atoms with Crippen LogP contribution in [0.3, 0.4) is 0 Å². The van der Waals surface area contributed by atoms with Gasteiger partial charge in [0, 0.05) is 6.54 Å². The minimum atomic E-state index is -3.55. The van der Waals surface area contributed by atoms with E-state index in [1.165, 1.54) is 15.6 Å². The van der Waals surface area contributed by atoms with Crippen LogP contribution in [0.15, 0.2) is 35.7 Å². The van der Waals surface area contributed by atoms with Crippen LogP contribution in [0.5, 0.6) is 0 Å². The Morgan fingerprint density at radius 1 is 1.33 bits per heavy atom. The molecular formula is C16H15N3O3S2. The van der Waals surface area contributed by atoms with Gasteiger partial charge >= 0.3 is 0 Å². The number of amides is 1. The van der Waals surface area contributed by atoms with Crippen LogP contribution < -0.4 is 5.32 Å². The van der Waals surface area contributed by atoms with Crippen molar-refractivity contribution in [1.82, 2.24) is 4.31 Å². The second kappa shape index (κ2) is 6.36. The number of nitriles is 1. The SMILES string of the molecule is CS(=O)(=O)N1Cc2ccccc2CC1C(=O)Nc1sccc1C#N. The van der Waals surface area contributed by atoms with Crippen molar-refractivity contribution in [2.45, 2.75) is 19.0 Å². The minimum Gasteiger partial charge on any atom is -0.315 e. The van der Waals surface area contributed by atoms with Crippen LogP contribution in [0.4, 0.5) is 5.00 Å². The number of fused-ring (bicyclic) bond motifs is 1. The van der Waals surface area contributed by atoms with E-state index in [0.29, 0.717) is 17.0 Å². The molecule has 0 bridgehead atoms. The third kappa shape index (κ3) is 3.19. The number of nitrogens with zero attached hydrogens (tertiary/aromatic N) is 2. The molecule has 0 spiro atoms. The summed E-state index contributed by atoms with van der Waals surface area (Å²) in [6.07, 6.45) is 1.41. The van der Waals surface area contributed by atoms with Crippen molar-refractivity contribution in [2.75, 3.05) is 11.6 Å². The molecule has 1 unspecified atom stereocenters. The molecule has 8 heteroatoms. The van der Waals surface area contributed by atoms with Gasteiger partial charge < -0.3 is 5.32 Å². The normalized spacial score (nSPS) is 17.8. The fourth-order valence-electron chi connectivity index (χ4n) is 2.76. The Balaban J connectivity index is 1.92. The highest BCUT2D eigenvalue weighted by Gasteiger charge is 2.37. The van der Waals surface area contributed by atoms with Gasteiger partial charge in [-0.3, -0.25) is 4.79 Å². The second-order valence-corrected chi connectivity index (χ2v) is 8.41. The summed E-state index contributed by atoms with van der Waals surface area (Å²) >= 11 is 1.24. The summed E-state index contributed by atoms with van der Waals surface area (Å²) in [4.78, 5) is 12.7. The number of thiophene rings is 1. The molecule has 0 radical (unpaired) electrons. The van der Waals surface area contributed by atoms with Crippen LogP contribution in [0.25, 0.3) is 0 Å². The summed E-state index contributed by atoms with van der Waals surface area (Å²) < 4.78 is 25.5. The number of hydrogen-bond donors (Lipinski definition) is 1. The van der Waals surface area contributed by atoms with E-state index in [1.807, 2.05) is 30.3 Å². The van der Waals surface area contributed by atoms with Crippen molar-refractivity contribution in [3.05, 3.63) is 52.4 Å². The van der Waals surface area contributed by atoms with Gasteiger partial charge in [0.05, 0.1) is 11.8 Å². The Morgan fingerprint density at radius 3 is 2.71 bits per heavy atom. The fourth-order valence-corrected chi connectivity index (χ4v) is 4.51. The monoisotopic (exact) mass is 361 g/mol. The minimum absolute atomic E-state index is 0.169. The highest BCUT2D eigenvalue weighted by atomic mass is 32.2. The molecule has 1 amide bonds. The lowest BCUT2D eigenvalue weighted by Crippen LogP contribution is -2.50. The van der Waals surface area contributed by atoms with Crippen molar-refractivity contribution in [3.63, 3.8) is 0 Å². The number of sulfonamides is 1. The number of benzene rings is 1. The van der Waals surface area contributed by atoms with E-state index in [9.17, 15) is 13.2 Å². The van der Waals surface area contributed by atoms with Gasteiger partial charge in [-0.2, -0.15) is 9.57 Å². The first-order chi connectivity index (χ1) is 11.4. The summed E-state index contributed by atoms with van der Waals surface area (Å²) in [7, 11) is -3.55. The van der Waals surface area contributed by atoms with Crippen LogP contribution in [0.1, 0.15) is 16.7 Å². The zero-order chi connectivity index (χ0) is 17.3. The quantitative estimate of drug-likeness (QED) is 0.905. The number of carbonyl (C=O) groups excluding carboxylic acids is 1. The van der Waals surface area contributed by atoms with Gasteiger partial charge in [-0.1, -0.05) is 24.3 Å². The molecule has 0 saturated carbocycles. The van der Waals surface area contributed by atoms with Gasteiger partial charge in [0.1, 0.15) is 17.1 Å². The summed E-state index contributed by atoms with van der Waals surface area (Å²) in [5, 5.41) is 13.9. The molecule has 0 aliphatic carbocycles. The van der Waals surface area contributed by atoms with Gasteiger partial charge in [-0.15, -0.1) is 11.3 Å². The van der Waals surface area contributed by atoms with Crippen LogP contribution >= 0.6 is 11.3 Å². The zero-order valence-corrected chi connectivity index (χ0v) is 14.5. The van der Waals surface area contributed by atoms with Gasteiger partial charge in [0.15, 0.2) is 0 Å². The first-order valence-electron chi connectivity index (χ1n) is 7.22. The van der Waals surface area contributed by atoms with E-state index in [2.05, 4.69) is 5.32 Å². The van der Waals surface area contributed by atoms with Crippen molar-refractivity contribution in [2.24, 2.45) is 0 Å². The lowest BCUT2D eigenvalue weighted by molar-refractivity contribution is -0.120. The number of nitrogens with one attached hydrogen (secondary N) is 1. The van der Waals surface area contributed by atoms with E-state index in [4.69, 9.17) is 5.26 Å². The van der Waals surface area contributed by atoms with Crippen LogP contribution in [0.2, 0.25) is 0 Å². The van der Waals surface area contributed by atoms with Crippen molar-refractivity contribution in [1.29, 1.82) is 5.26 Å². The molecule has 2 heterocycles. The first kappa shape index (κ1) is 16.6. The third-order valence-corrected chi connectivity index (χ3v) is 6.02. The predicted molar refractivity (Wildman–Crippen MR) is 92.0 cm³/mol.